The molecule has 3 heterocycles. The van der Waals surface area contributed by atoms with Crippen LogP contribution in [-0.2, 0) is 16.1 Å². The van der Waals surface area contributed by atoms with Crippen molar-refractivity contribution in [3.8, 4) is 11.6 Å². The predicted molar refractivity (Wildman–Crippen MR) is 136 cm³/mol. The van der Waals surface area contributed by atoms with Crippen LogP contribution in [0.1, 0.15) is 54.4 Å². The highest BCUT2D eigenvalue weighted by molar-refractivity contribution is 6.01. The number of carbonyl (C=O) groups is 2. The van der Waals surface area contributed by atoms with Crippen LogP contribution in [0.4, 0.5) is 5.69 Å². The Labute approximate surface area is 214 Å². The van der Waals surface area contributed by atoms with E-state index in [1.165, 1.54) is 16.0 Å². The summed E-state index contributed by atoms with van der Waals surface area (Å²) in [6.07, 6.45) is 5.50. The van der Waals surface area contributed by atoms with E-state index in [0.717, 1.165) is 42.6 Å². The molecule has 10 heteroatoms. The van der Waals surface area contributed by atoms with E-state index >= 15 is 0 Å². The quantitative estimate of drug-likeness (QED) is 0.382. The Hall–Kier alpha value is -4.21. The van der Waals surface area contributed by atoms with Crippen molar-refractivity contribution in [3.05, 3.63) is 71.4 Å². The first-order valence-corrected chi connectivity index (χ1v) is 12.5. The molecule has 192 valence electrons. The van der Waals surface area contributed by atoms with Gasteiger partial charge in [0.2, 0.25) is 5.82 Å². The number of anilines is 1. The van der Waals surface area contributed by atoms with E-state index in [1.807, 2.05) is 39.0 Å². The molecule has 0 aliphatic heterocycles. The molecule has 1 aromatic carbocycles. The van der Waals surface area contributed by atoms with Crippen molar-refractivity contribution < 1.29 is 18.4 Å². The van der Waals surface area contributed by atoms with Crippen LogP contribution in [0.15, 0.2) is 57.6 Å². The van der Waals surface area contributed by atoms with Crippen LogP contribution >= 0.6 is 0 Å². The van der Waals surface area contributed by atoms with Gasteiger partial charge in [-0.2, -0.15) is 4.80 Å². The molecule has 1 atom stereocenters. The van der Waals surface area contributed by atoms with E-state index in [9.17, 15) is 9.59 Å². The normalized spacial score (nSPS) is 14.6. The first-order valence-electron chi connectivity index (χ1n) is 12.5. The lowest BCUT2D eigenvalue weighted by Crippen LogP contribution is -2.47. The Kier molecular flexibility index (Phi) is 6.89. The minimum Gasteiger partial charge on any atom is -0.467 e. The molecule has 1 aliphatic carbocycles. The monoisotopic (exact) mass is 502 g/mol. The maximum absolute atomic E-state index is 14.0. The SMILES string of the molecule is Cc1ccc(-c2nnn(CC(=O)N(c3cccc(C)c3C)[C@@H](C(=O)NC3CCCC3)c3ccco3)n2)o1. The number of nitrogens with zero attached hydrogens (tertiary/aromatic N) is 5. The van der Waals surface area contributed by atoms with Gasteiger partial charge in [0.05, 0.1) is 6.26 Å². The lowest BCUT2D eigenvalue weighted by Gasteiger charge is -2.32. The van der Waals surface area contributed by atoms with Gasteiger partial charge < -0.3 is 14.2 Å². The van der Waals surface area contributed by atoms with E-state index < -0.39 is 6.04 Å². The fourth-order valence-corrected chi connectivity index (χ4v) is 4.75. The van der Waals surface area contributed by atoms with E-state index in [2.05, 4.69) is 20.7 Å². The summed E-state index contributed by atoms with van der Waals surface area (Å²) in [5.74, 6) is 1.18. The Morgan fingerprint density at radius 3 is 2.62 bits per heavy atom. The number of furan rings is 2. The largest absolute Gasteiger partial charge is 0.467 e. The van der Waals surface area contributed by atoms with Crippen LogP contribution in [0.5, 0.6) is 0 Å². The third-order valence-corrected chi connectivity index (χ3v) is 6.82. The van der Waals surface area contributed by atoms with Gasteiger partial charge in [-0.05, 0) is 80.3 Å². The van der Waals surface area contributed by atoms with Gasteiger partial charge in [0.25, 0.3) is 11.8 Å². The second-order valence-corrected chi connectivity index (χ2v) is 9.44. The fraction of sp³-hybridized carbons (Fsp3) is 0.370. The van der Waals surface area contributed by atoms with Gasteiger partial charge >= 0.3 is 0 Å². The van der Waals surface area contributed by atoms with Gasteiger partial charge in [0.1, 0.15) is 18.1 Å². The number of hydrogen-bond donors (Lipinski definition) is 1. The molecular weight excluding hydrogens is 472 g/mol. The van der Waals surface area contributed by atoms with Gasteiger partial charge in [-0.3, -0.25) is 14.5 Å². The van der Waals surface area contributed by atoms with Crippen LogP contribution in [0.25, 0.3) is 11.6 Å². The van der Waals surface area contributed by atoms with Gasteiger partial charge in [-0.15, -0.1) is 10.2 Å². The number of hydrogen-bond acceptors (Lipinski definition) is 7. The molecule has 5 rings (SSSR count). The van der Waals surface area contributed by atoms with E-state index in [-0.39, 0.29) is 30.2 Å². The van der Waals surface area contributed by atoms with Crippen molar-refractivity contribution in [1.82, 2.24) is 25.5 Å². The summed E-state index contributed by atoms with van der Waals surface area (Å²) in [6, 6.07) is 11.8. The Bertz CT molecular complexity index is 1380. The zero-order chi connectivity index (χ0) is 25.9. The Morgan fingerprint density at radius 1 is 1.11 bits per heavy atom. The first-order chi connectivity index (χ1) is 17.9. The third-order valence-electron chi connectivity index (χ3n) is 6.82. The van der Waals surface area contributed by atoms with Crippen molar-refractivity contribution >= 4 is 17.5 Å². The average molecular weight is 503 g/mol. The average Bonchev–Trinajstić information content (AvgIpc) is 3.68. The van der Waals surface area contributed by atoms with Crippen LogP contribution in [0.3, 0.4) is 0 Å². The van der Waals surface area contributed by atoms with Crippen molar-refractivity contribution in [2.45, 2.75) is 65.1 Å². The summed E-state index contributed by atoms with van der Waals surface area (Å²) in [5.41, 5.74) is 2.51. The van der Waals surface area contributed by atoms with Crippen LogP contribution in [0, 0.1) is 20.8 Å². The molecule has 1 fully saturated rings. The summed E-state index contributed by atoms with van der Waals surface area (Å²) in [5, 5.41) is 15.6. The second-order valence-electron chi connectivity index (χ2n) is 9.44. The molecule has 0 bridgehead atoms. The summed E-state index contributed by atoms with van der Waals surface area (Å²) in [4.78, 5) is 30.4. The van der Waals surface area contributed by atoms with Crippen molar-refractivity contribution in [2.75, 3.05) is 4.90 Å². The third kappa shape index (κ3) is 5.18. The summed E-state index contributed by atoms with van der Waals surface area (Å²) < 4.78 is 11.3. The molecule has 3 aromatic heterocycles. The first kappa shape index (κ1) is 24.5. The number of carbonyl (C=O) groups excluding carboxylic acids is 2. The minimum absolute atomic E-state index is 0.0804. The number of benzene rings is 1. The number of aryl methyl sites for hydroxylation is 2. The summed E-state index contributed by atoms with van der Waals surface area (Å²) >= 11 is 0. The number of rotatable bonds is 8. The van der Waals surface area contributed by atoms with Crippen molar-refractivity contribution in [2.24, 2.45) is 0 Å². The highest BCUT2D eigenvalue weighted by Crippen LogP contribution is 2.33. The molecule has 2 amide bonds. The Morgan fingerprint density at radius 2 is 1.92 bits per heavy atom. The Balaban J connectivity index is 1.51. The molecule has 1 saturated carbocycles. The molecule has 0 saturated heterocycles. The topological polar surface area (TPSA) is 119 Å². The molecule has 0 spiro atoms. The predicted octanol–water partition coefficient (Wildman–Crippen LogP) is 4.28. The van der Waals surface area contributed by atoms with Gasteiger partial charge in [-0.1, -0.05) is 25.0 Å². The molecular formula is C27H30N6O4. The van der Waals surface area contributed by atoms with Crippen molar-refractivity contribution in [1.29, 1.82) is 0 Å². The minimum atomic E-state index is -1.00. The lowest BCUT2D eigenvalue weighted by atomic mass is 10.0. The maximum atomic E-state index is 14.0. The van der Waals surface area contributed by atoms with E-state index in [4.69, 9.17) is 8.83 Å². The summed E-state index contributed by atoms with van der Waals surface area (Å²) in [7, 11) is 0. The van der Waals surface area contributed by atoms with Crippen LogP contribution < -0.4 is 10.2 Å². The molecule has 0 radical (unpaired) electrons. The van der Waals surface area contributed by atoms with E-state index in [1.54, 1.807) is 24.3 Å². The zero-order valence-corrected chi connectivity index (χ0v) is 21.2. The van der Waals surface area contributed by atoms with Gasteiger partial charge in [0, 0.05) is 11.7 Å². The van der Waals surface area contributed by atoms with Crippen molar-refractivity contribution in [3.63, 3.8) is 0 Å². The van der Waals surface area contributed by atoms with Gasteiger partial charge in [0.15, 0.2) is 11.8 Å². The smallest absolute Gasteiger partial charge is 0.251 e. The number of aromatic nitrogens is 4. The zero-order valence-electron chi connectivity index (χ0n) is 21.2. The van der Waals surface area contributed by atoms with Gasteiger partial charge in [-0.25, -0.2) is 0 Å². The second kappa shape index (κ2) is 10.4. The number of amides is 2. The standard InChI is InChI=1S/C27H30N6O4/c1-17-8-6-11-21(19(17)3)33(24(34)16-32-30-26(29-31-32)23-14-13-18(2)37-23)25(22-12-7-15-36-22)27(35)28-20-9-4-5-10-20/h6-8,11-15,20,25H,4-5,9-10,16H2,1-3H3,(H,28,35)/t25-/m1/s1. The molecule has 1 N–H and O–H groups in total. The maximum Gasteiger partial charge on any atom is 0.251 e. The highest BCUT2D eigenvalue weighted by atomic mass is 16.3. The highest BCUT2D eigenvalue weighted by Gasteiger charge is 2.37. The lowest BCUT2D eigenvalue weighted by molar-refractivity contribution is -0.128. The number of tetrazole rings is 1. The molecule has 4 aromatic rings. The molecule has 1 aliphatic rings. The molecule has 10 nitrogen and oxygen atoms in total. The summed E-state index contributed by atoms with van der Waals surface area (Å²) in [6.45, 7) is 5.50. The van der Waals surface area contributed by atoms with Crippen LogP contribution in [0.2, 0.25) is 0 Å². The molecule has 0 unspecified atom stereocenters. The number of nitrogens with one attached hydrogen (secondary N) is 1. The fourth-order valence-electron chi connectivity index (χ4n) is 4.75. The molecule has 37 heavy (non-hydrogen) atoms. The van der Waals surface area contributed by atoms with Crippen LogP contribution in [-0.4, -0.2) is 38.1 Å². The van der Waals surface area contributed by atoms with E-state index in [0.29, 0.717) is 17.2 Å².